The topological polar surface area (TPSA) is 93.7 Å². The van der Waals surface area contributed by atoms with Gasteiger partial charge in [-0.1, -0.05) is 12.1 Å². The zero-order valence-electron chi connectivity index (χ0n) is 11.8. The van der Waals surface area contributed by atoms with Crippen LogP contribution in [-0.4, -0.2) is 45.9 Å². The standard InChI is InChI=1S/C13H18N2O5S/c1-9-12(13(16)14-7-8-15-21(2,17)18)20-11-6-4-3-5-10(11)19-9/h3-6,9,12,15H,7-8H2,1-2H3,(H,14,16)/t9-,12-/m0/s1. The van der Waals surface area contributed by atoms with Gasteiger partial charge in [0.15, 0.2) is 11.5 Å². The quantitative estimate of drug-likeness (QED) is 0.739. The Labute approximate surface area is 123 Å². The molecular weight excluding hydrogens is 296 g/mol. The second kappa shape index (κ2) is 6.31. The van der Waals surface area contributed by atoms with Crippen molar-refractivity contribution in [2.75, 3.05) is 19.3 Å². The first-order chi connectivity index (χ1) is 9.87. The second-order valence-corrected chi connectivity index (χ2v) is 6.60. The molecule has 7 nitrogen and oxygen atoms in total. The fourth-order valence-electron chi connectivity index (χ4n) is 1.93. The molecule has 0 radical (unpaired) electrons. The van der Waals surface area contributed by atoms with E-state index in [9.17, 15) is 13.2 Å². The van der Waals surface area contributed by atoms with Crippen LogP contribution in [0.4, 0.5) is 0 Å². The summed E-state index contributed by atoms with van der Waals surface area (Å²) in [5, 5.41) is 2.62. The molecule has 1 aromatic rings. The predicted molar refractivity (Wildman–Crippen MR) is 76.8 cm³/mol. The van der Waals surface area contributed by atoms with Crippen molar-refractivity contribution < 1.29 is 22.7 Å². The van der Waals surface area contributed by atoms with Gasteiger partial charge < -0.3 is 14.8 Å². The summed E-state index contributed by atoms with van der Waals surface area (Å²) >= 11 is 0. The molecule has 1 aliphatic rings. The number of para-hydroxylation sites is 2. The van der Waals surface area contributed by atoms with Crippen LogP contribution in [0.25, 0.3) is 0 Å². The first kappa shape index (κ1) is 15.6. The second-order valence-electron chi connectivity index (χ2n) is 4.77. The number of ether oxygens (including phenoxy) is 2. The molecule has 1 amide bonds. The maximum Gasteiger partial charge on any atom is 0.265 e. The fraction of sp³-hybridized carbons (Fsp3) is 0.462. The van der Waals surface area contributed by atoms with Gasteiger partial charge in [0.05, 0.1) is 6.26 Å². The molecule has 21 heavy (non-hydrogen) atoms. The number of benzene rings is 1. The number of nitrogens with one attached hydrogen (secondary N) is 2. The Balaban J connectivity index is 1.88. The van der Waals surface area contributed by atoms with Crippen LogP contribution in [0.1, 0.15) is 6.92 Å². The van der Waals surface area contributed by atoms with E-state index in [2.05, 4.69) is 10.0 Å². The third kappa shape index (κ3) is 4.33. The van der Waals surface area contributed by atoms with E-state index in [4.69, 9.17) is 9.47 Å². The van der Waals surface area contributed by atoms with Crippen molar-refractivity contribution in [3.63, 3.8) is 0 Å². The van der Waals surface area contributed by atoms with Gasteiger partial charge in [0.2, 0.25) is 16.1 Å². The van der Waals surface area contributed by atoms with Crippen molar-refractivity contribution in [2.24, 2.45) is 0 Å². The summed E-state index contributed by atoms with van der Waals surface area (Å²) < 4.78 is 35.3. The van der Waals surface area contributed by atoms with Crippen molar-refractivity contribution >= 4 is 15.9 Å². The lowest BCUT2D eigenvalue weighted by molar-refractivity contribution is -0.133. The number of carbonyl (C=O) groups excluding carboxylic acids is 1. The van der Waals surface area contributed by atoms with E-state index < -0.39 is 22.2 Å². The minimum Gasteiger partial charge on any atom is -0.482 e. The van der Waals surface area contributed by atoms with E-state index >= 15 is 0 Å². The van der Waals surface area contributed by atoms with E-state index in [1.165, 1.54) is 0 Å². The van der Waals surface area contributed by atoms with Crippen molar-refractivity contribution in [1.82, 2.24) is 10.0 Å². The summed E-state index contributed by atoms with van der Waals surface area (Å²) in [7, 11) is -3.25. The van der Waals surface area contributed by atoms with E-state index in [1.807, 2.05) is 6.07 Å². The molecule has 1 heterocycles. The van der Waals surface area contributed by atoms with E-state index in [0.29, 0.717) is 11.5 Å². The highest BCUT2D eigenvalue weighted by Gasteiger charge is 2.33. The molecule has 2 N–H and O–H groups in total. The zero-order valence-corrected chi connectivity index (χ0v) is 12.6. The molecule has 116 valence electrons. The van der Waals surface area contributed by atoms with Crippen LogP contribution in [-0.2, 0) is 14.8 Å². The van der Waals surface area contributed by atoms with Crippen LogP contribution in [0, 0.1) is 0 Å². The maximum atomic E-state index is 12.0. The Bertz CT molecular complexity index is 617. The molecule has 0 saturated heterocycles. The van der Waals surface area contributed by atoms with Gasteiger partial charge in [0.25, 0.3) is 5.91 Å². The molecule has 1 aliphatic heterocycles. The molecule has 0 aliphatic carbocycles. The third-order valence-corrected chi connectivity index (χ3v) is 3.62. The molecule has 0 bridgehead atoms. The number of amides is 1. The van der Waals surface area contributed by atoms with Gasteiger partial charge in [0, 0.05) is 13.1 Å². The highest BCUT2D eigenvalue weighted by molar-refractivity contribution is 7.88. The molecule has 0 fully saturated rings. The van der Waals surface area contributed by atoms with Gasteiger partial charge in [-0.05, 0) is 19.1 Å². The monoisotopic (exact) mass is 314 g/mol. The van der Waals surface area contributed by atoms with Crippen LogP contribution in [0.3, 0.4) is 0 Å². The zero-order chi connectivity index (χ0) is 15.5. The first-order valence-electron chi connectivity index (χ1n) is 6.51. The summed E-state index contributed by atoms with van der Waals surface area (Å²) in [5.74, 6) is 0.783. The summed E-state index contributed by atoms with van der Waals surface area (Å²) in [5.41, 5.74) is 0. The smallest absolute Gasteiger partial charge is 0.265 e. The minimum absolute atomic E-state index is 0.128. The molecule has 0 spiro atoms. The number of sulfonamides is 1. The SMILES string of the molecule is C[C@@H]1Oc2ccccc2O[C@@H]1C(=O)NCCNS(C)(=O)=O. The lowest BCUT2D eigenvalue weighted by Crippen LogP contribution is -2.50. The Hall–Kier alpha value is -1.80. The Kier molecular flexibility index (Phi) is 4.69. The van der Waals surface area contributed by atoms with Gasteiger partial charge in [-0.25, -0.2) is 13.1 Å². The maximum absolute atomic E-state index is 12.0. The summed E-state index contributed by atoms with van der Waals surface area (Å²) in [6.07, 6.45) is -0.132. The van der Waals surface area contributed by atoms with Crippen LogP contribution in [0.15, 0.2) is 24.3 Å². The number of rotatable bonds is 5. The fourth-order valence-corrected chi connectivity index (χ4v) is 2.40. The molecule has 0 unspecified atom stereocenters. The van der Waals surface area contributed by atoms with Crippen LogP contribution in [0.5, 0.6) is 11.5 Å². The van der Waals surface area contributed by atoms with Crippen molar-refractivity contribution in [3.05, 3.63) is 24.3 Å². The van der Waals surface area contributed by atoms with E-state index in [1.54, 1.807) is 25.1 Å². The molecule has 0 saturated carbocycles. The molecule has 0 aromatic heterocycles. The average molecular weight is 314 g/mol. The third-order valence-electron chi connectivity index (χ3n) is 2.89. The Morgan fingerprint density at radius 2 is 1.81 bits per heavy atom. The van der Waals surface area contributed by atoms with Crippen LogP contribution < -0.4 is 19.5 Å². The summed E-state index contributed by atoms with van der Waals surface area (Å²) in [4.78, 5) is 12.0. The van der Waals surface area contributed by atoms with Crippen molar-refractivity contribution in [2.45, 2.75) is 19.1 Å². The van der Waals surface area contributed by atoms with Gasteiger partial charge in [0.1, 0.15) is 6.10 Å². The predicted octanol–water partition coefficient (Wildman–Crippen LogP) is -0.120. The van der Waals surface area contributed by atoms with Crippen LogP contribution >= 0.6 is 0 Å². The van der Waals surface area contributed by atoms with Gasteiger partial charge >= 0.3 is 0 Å². The van der Waals surface area contributed by atoms with Gasteiger partial charge in [-0.2, -0.15) is 0 Å². The molecular formula is C13H18N2O5S. The normalized spacial score (nSPS) is 20.9. The molecule has 1 aromatic carbocycles. The Morgan fingerprint density at radius 1 is 1.19 bits per heavy atom. The lowest BCUT2D eigenvalue weighted by atomic mass is 10.1. The van der Waals surface area contributed by atoms with E-state index in [-0.39, 0.29) is 19.0 Å². The largest absolute Gasteiger partial charge is 0.482 e. The summed E-state index contributed by atoms with van der Waals surface area (Å²) in [6.45, 7) is 2.05. The number of fused-ring (bicyclic) bond motifs is 1. The van der Waals surface area contributed by atoms with Gasteiger partial charge in [-0.15, -0.1) is 0 Å². The molecule has 8 heteroatoms. The summed E-state index contributed by atoms with van der Waals surface area (Å²) in [6, 6.07) is 7.12. The van der Waals surface area contributed by atoms with Crippen molar-refractivity contribution in [3.8, 4) is 11.5 Å². The lowest BCUT2D eigenvalue weighted by Gasteiger charge is -2.31. The molecule has 2 atom stereocenters. The van der Waals surface area contributed by atoms with E-state index in [0.717, 1.165) is 6.26 Å². The van der Waals surface area contributed by atoms with Crippen LogP contribution in [0.2, 0.25) is 0 Å². The first-order valence-corrected chi connectivity index (χ1v) is 8.40. The minimum atomic E-state index is -3.25. The highest BCUT2D eigenvalue weighted by Crippen LogP contribution is 2.33. The van der Waals surface area contributed by atoms with Gasteiger partial charge in [-0.3, -0.25) is 4.79 Å². The molecule has 2 rings (SSSR count). The number of carbonyl (C=O) groups is 1. The average Bonchev–Trinajstić information content (AvgIpc) is 2.41. The Morgan fingerprint density at radius 3 is 2.43 bits per heavy atom. The van der Waals surface area contributed by atoms with Crippen molar-refractivity contribution in [1.29, 1.82) is 0 Å². The number of hydrogen-bond donors (Lipinski definition) is 2. The highest BCUT2D eigenvalue weighted by atomic mass is 32.2. The number of hydrogen-bond acceptors (Lipinski definition) is 5.